The SMILES string of the molecule is Cc1ccc(Nc2cc([N+](=O)[O-])cc(NN)n2)c(C)c1. The van der Waals surface area contributed by atoms with Crippen molar-refractivity contribution in [1.29, 1.82) is 0 Å². The van der Waals surface area contributed by atoms with Crippen LogP contribution in [-0.4, -0.2) is 9.91 Å². The van der Waals surface area contributed by atoms with Gasteiger partial charge in [-0.2, -0.15) is 0 Å². The van der Waals surface area contributed by atoms with Crippen LogP contribution in [0.25, 0.3) is 0 Å². The fourth-order valence-electron chi connectivity index (χ4n) is 1.85. The van der Waals surface area contributed by atoms with Gasteiger partial charge in [-0.3, -0.25) is 10.1 Å². The maximum atomic E-state index is 10.9. The van der Waals surface area contributed by atoms with E-state index in [0.717, 1.165) is 16.8 Å². The number of nitro groups is 1. The Labute approximate surface area is 116 Å². The van der Waals surface area contributed by atoms with Gasteiger partial charge >= 0.3 is 0 Å². The first-order valence-corrected chi connectivity index (χ1v) is 5.97. The van der Waals surface area contributed by atoms with E-state index in [1.807, 2.05) is 32.0 Å². The lowest BCUT2D eigenvalue weighted by molar-refractivity contribution is -0.384. The third-order valence-electron chi connectivity index (χ3n) is 2.81. The second-order valence-corrected chi connectivity index (χ2v) is 4.44. The van der Waals surface area contributed by atoms with Crippen molar-refractivity contribution in [2.75, 3.05) is 10.7 Å². The van der Waals surface area contributed by atoms with E-state index in [1.165, 1.54) is 12.1 Å². The number of nitrogens with one attached hydrogen (secondary N) is 2. The van der Waals surface area contributed by atoms with Gasteiger partial charge in [-0.05, 0) is 25.5 Å². The van der Waals surface area contributed by atoms with E-state index in [0.29, 0.717) is 5.82 Å². The van der Waals surface area contributed by atoms with Crippen molar-refractivity contribution < 1.29 is 4.92 Å². The molecule has 0 aliphatic heterocycles. The highest BCUT2D eigenvalue weighted by molar-refractivity contribution is 5.64. The Morgan fingerprint density at radius 3 is 2.50 bits per heavy atom. The fourth-order valence-corrected chi connectivity index (χ4v) is 1.85. The third kappa shape index (κ3) is 3.01. The Kier molecular flexibility index (Phi) is 3.81. The van der Waals surface area contributed by atoms with Crippen LogP contribution in [0.3, 0.4) is 0 Å². The number of nitrogen functional groups attached to an aromatic ring is 1. The standard InChI is InChI=1S/C13H15N5O2/c1-8-3-4-11(9(2)5-8)15-12-6-10(18(19)20)7-13(16-12)17-14/h3-7H,14H2,1-2H3,(H2,15,16,17). The molecule has 2 rings (SSSR count). The quantitative estimate of drug-likeness (QED) is 0.449. The van der Waals surface area contributed by atoms with Gasteiger partial charge in [-0.1, -0.05) is 17.7 Å². The average Bonchev–Trinajstić information content (AvgIpc) is 2.41. The number of hydrogen-bond donors (Lipinski definition) is 3. The van der Waals surface area contributed by atoms with Gasteiger partial charge in [0.15, 0.2) is 0 Å². The minimum atomic E-state index is -0.490. The highest BCUT2D eigenvalue weighted by atomic mass is 16.6. The molecule has 0 radical (unpaired) electrons. The highest BCUT2D eigenvalue weighted by Crippen LogP contribution is 2.25. The van der Waals surface area contributed by atoms with Gasteiger partial charge in [0.05, 0.1) is 17.1 Å². The van der Waals surface area contributed by atoms with Crippen LogP contribution in [0.1, 0.15) is 11.1 Å². The van der Waals surface area contributed by atoms with E-state index in [9.17, 15) is 10.1 Å². The molecule has 104 valence electrons. The normalized spacial score (nSPS) is 10.2. The predicted octanol–water partition coefficient (Wildman–Crippen LogP) is 2.64. The first-order chi connectivity index (χ1) is 9.49. The zero-order chi connectivity index (χ0) is 14.7. The van der Waals surface area contributed by atoms with Gasteiger partial charge in [-0.15, -0.1) is 0 Å². The molecule has 0 saturated heterocycles. The molecule has 1 heterocycles. The van der Waals surface area contributed by atoms with Gasteiger partial charge in [0.2, 0.25) is 0 Å². The van der Waals surface area contributed by atoms with Crippen LogP contribution < -0.4 is 16.6 Å². The maximum Gasteiger partial charge on any atom is 0.276 e. The molecule has 0 fully saturated rings. The number of aryl methyl sites for hydroxylation is 2. The minimum Gasteiger partial charge on any atom is -0.340 e. The van der Waals surface area contributed by atoms with Crippen molar-refractivity contribution >= 4 is 23.0 Å². The maximum absolute atomic E-state index is 10.9. The summed E-state index contributed by atoms with van der Waals surface area (Å²) in [5.74, 6) is 5.86. The fraction of sp³-hybridized carbons (Fsp3) is 0.154. The lowest BCUT2D eigenvalue weighted by Crippen LogP contribution is -2.10. The lowest BCUT2D eigenvalue weighted by atomic mass is 10.1. The Hall–Kier alpha value is -2.67. The van der Waals surface area contributed by atoms with E-state index in [1.54, 1.807) is 0 Å². The molecule has 0 saturated carbocycles. The summed E-state index contributed by atoms with van der Waals surface area (Å²) in [5, 5.41) is 13.9. The largest absolute Gasteiger partial charge is 0.340 e. The Morgan fingerprint density at radius 2 is 1.90 bits per heavy atom. The molecule has 4 N–H and O–H groups in total. The Balaban J connectivity index is 2.37. The number of anilines is 3. The van der Waals surface area contributed by atoms with Crippen LogP contribution in [0.5, 0.6) is 0 Å². The predicted molar refractivity (Wildman–Crippen MR) is 77.9 cm³/mol. The van der Waals surface area contributed by atoms with Crippen molar-refractivity contribution in [1.82, 2.24) is 4.98 Å². The van der Waals surface area contributed by atoms with Crippen molar-refractivity contribution in [3.05, 3.63) is 51.6 Å². The molecule has 1 aromatic heterocycles. The monoisotopic (exact) mass is 273 g/mol. The second kappa shape index (κ2) is 5.54. The van der Waals surface area contributed by atoms with E-state index in [4.69, 9.17) is 5.84 Å². The van der Waals surface area contributed by atoms with E-state index >= 15 is 0 Å². The summed E-state index contributed by atoms with van der Waals surface area (Å²) in [6.07, 6.45) is 0. The molecule has 0 amide bonds. The summed E-state index contributed by atoms with van der Waals surface area (Å²) in [6.45, 7) is 3.95. The summed E-state index contributed by atoms with van der Waals surface area (Å²) < 4.78 is 0. The van der Waals surface area contributed by atoms with Crippen molar-refractivity contribution in [3.8, 4) is 0 Å². The first kappa shape index (κ1) is 13.8. The minimum absolute atomic E-state index is 0.0831. The number of rotatable bonds is 4. The van der Waals surface area contributed by atoms with E-state index in [2.05, 4.69) is 15.7 Å². The average molecular weight is 273 g/mol. The summed E-state index contributed by atoms with van der Waals surface area (Å²) in [6, 6.07) is 8.50. The first-order valence-electron chi connectivity index (χ1n) is 5.97. The molecule has 1 aromatic carbocycles. The molecule has 0 unspecified atom stereocenters. The number of hydrogen-bond acceptors (Lipinski definition) is 6. The molecule has 20 heavy (non-hydrogen) atoms. The number of nitrogens with zero attached hydrogens (tertiary/aromatic N) is 2. The van der Waals surface area contributed by atoms with Crippen LogP contribution in [-0.2, 0) is 0 Å². The van der Waals surface area contributed by atoms with Gasteiger partial charge in [0, 0.05) is 5.69 Å². The summed E-state index contributed by atoms with van der Waals surface area (Å²) in [7, 11) is 0. The second-order valence-electron chi connectivity index (χ2n) is 4.44. The molecular weight excluding hydrogens is 258 g/mol. The van der Waals surface area contributed by atoms with Crippen molar-refractivity contribution in [3.63, 3.8) is 0 Å². The number of aromatic nitrogens is 1. The smallest absolute Gasteiger partial charge is 0.276 e. The van der Waals surface area contributed by atoms with Crippen molar-refractivity contribution in [2.45, 2.75) is 13.8 Å². The van der Waals surface area contributed by atoms with Crippen LogP contribution in [0.2, 0.25) is 0 Å². The number of pyridine rings is 1. The summed E-state index contributed by atoms with van der Waals surface area (Å²) in [4.78, 5) is 14.5. The molecule has 0 bridgehead atoms. The molecule has 0 atom stereocenters. The van der Waals surface area contributed by atoms with Gasteiger partial charge in [-0.25, -0.2) is 10.8 Å². The van der Waals surface area contributed by atoms with E-state index in [-0.39, 0.29) is 11.5 Å². The molecule has 0 aliphatic rings. The molecule has 0 aliphatic carbocycles. The van der Waals surface area contributed by atoms with Crippen LogP contribution >= 0.6 is 0 Å². The van der Waals surface area contributed by atoms with Gasteiger partial charge in [0.25, 0.3) is 5.69 Å². The van der Waals surface area contributed by atoms with Gasteiger partial charge < -0.3 is 10.7 Å². The van der Waals surface area contributed by atoms with Crippen LogP contribution in [0.15, 0.2) is 30.3 Å². The Bertz CT molecular complexity index is 657. The third-order valence-corrected chi connectivity index (χ3v) is 2.81. The number of nitrogens with two attached hydrogens (primary N) is 1. The van der Waals surface area contributed by atoms with Crippen LogP contribution in [0, 0.1) is 24.0 Å². The molecular formula is C13H15N5O2. The zero-order valence-corrected chi connectivity index (χ0v) is 11.2. The van der Waals surface area contributed by atoms with E-state index < -0.39 is 4.92 Å². The molecule has 0 spiro atoms. The Morgan fingerprint density at radius 1 is 1.20 bits per heavy atom. The van der Waals surface area contributed by atoms with Gasteiger partial charge in [0.1, 0.15) is 11.6 Å². The number of hydrazine groups is 1. The summed E-state index contributed by atoms with van der Waals surface area (Å²) in [5.41, 5.74) is 5.24. The molecule has 7 heteroatoms. The molecule has 2 aromatic rings. The molecule has 7 nitrogen and oxygen atoms in total. The van der Waals surface area contributed by atoms with Crippen LogP contribution in [0.4, 0.5) is 23.0 Å². The topological polar surface area (TPSA) is 106 Å². The summed E-state index contributed by atoms with van der Waals surface area (Å²) >= 11 is 0. The highest BCUT2D eigenvalue weighted by Gasteiger charge is 2.11. The zero-order valence-electron chi connectivity index (χ0n) is 11.2. The number of benzene rings is 1. The van der Waals surface area contributed by atoms with Crippen molar-refractivity contribution in [2.24, 2.45) is 5.84 Å². The lowest BCUT2D eigenvalue weighted by Gasteiger charge is -2.10.